The highest BCUT2D eigenvalue weighted by atomic mass is 16.5. The Balaban J connectivity index is 1.90. The summed E-state index contributed by atoms with van der Waals surface area (Å²) in [6.07, 6.45) is 3.41. The van der Waals surface area contributed by atoms with Crippen LogP contribution in [0.4, 0.5) is 0 Å². The van der Waals surface area contributed by atoms with Gasteiger partial charge in [0.05, 0.1) is 12.6 Å². The number of hydrogen-bond donors (Lipinski definition) is 1. The van der Waals surface area contributed by atoms with Crippen molar-refractivity contribution in [1.29, 1.82) is 0 Å². The first kappa shape index (κ1) is 15.2. The largest absolute Gasteiger partial charge is 0.451 e. The third-order valence-corrected chi connectivity index (χ3v) is 3.75. The summed E-state index contributed by atoms with van der Waals surface area (Å²) in [5, 5.41) is 3.86. The first-order valence-corrected chi connectivity index (χ1v) is 7.41. The van der Waals surface area contributed by atoms with Crippen LogP contribution in [0.1, 0.15) is 34.6 Å². The second-order valence-corrected chi connectivity index (χ2v) is 5.31. The topological polar surface area (TPSA) is 64.4 Å². The second-order valence-electron chi connectivity index (χ2n) is 5.31. The van der Waals surface area contributed by atoms with Gasteiger partial charge in [-0.2, -0.15) is 0 Å². The molecule has 1 unspecified atom stereocenters. The van der Waals surface area contributed by atoms with Crippen LogP contribution >= 0.6 is 0 Å². The van der Waals surface area contributed by atoms with Crippen LogP contribution in [0, 0.1) is 0 Å². The Kier molecular flexibility index (Phi) is 4.39. The molecule has 0 spiro atoms. The molecular weight excluding hydrogens is 292 g/mol. The number of nitrogens with one attached hydrogen (secondary N) is 1. The molecule has 1 aromatic carbocycles. The van der Waals surface area contributed by atoms with E-state index < -0.39 is 0 Å². The maximum Gasteiger partial charge on any atom is 0.287 e. The first-order valence-electron chi connectivity index (χ1n) is 7.41. The molecule has 2 heterocycles. The van der Waals surface area contributed by atoms with E-state index in [1.807, 2.05) is 43.3 Å². The van der Waals surface area contributed by atoms with Gasteiger partial charge in [0.15, 0.2) is 5.76 Å². The normalized spacial score (nSPS) is 12.3. The molecule has 3 aromatic rings. The number of nitrogens with zero attached hydrogens (tertiary/aromatic N) is 1. The fourth-order valence-electron chi connectivity index (χ4n) is 2.57. The molecule has 5 nitrogen and oxygen atoms in total. The van der Waals surface area contributed by atoms with Crippen molar-refractivity contribution in [3.05, 3.63) is 65.7 Å². The van der Waals surface area contributed by atoms with E-state index in [4.69, 9.17) is 9.15 Å². The molecule has 1 amide bonds. The van der Waals surface area contributed by atoms with E-state index >= 15 is 0 Å². The van der Waals surface area contributed by atoms with Crippen molar-refractivity contribution in [2.75, 3.05) is 7.11 Å². The molecule has 118 valence electrons. The molecule has 1 N–H and O–H groups in total. The standard InChI is InChI=1S/C18H18N2O3/c1-12(13-7-9-19-10-8-13)20-18(21)17-15(11-22-2)14-5-3-4-6-16(14)23-17/h3-10,12H,11H2,1-2H3,(H,20,21). The molecule has 5 heteroatoms. The molecular formula is C18H18N2O3. The van der Waals surface area contributed by atoms with Crippen molar-refractivity contribution in [3.63, 3.8) is 0 Å². The number of hydrogen-bond acceptors (Lipinski definition) is 4. The van der Waals surface area contributed by atoms with Gasteiger partial charge >= 0.3 is 0 Å². The van der Waals surface area contributed by atoms with Gasteiger partial charge in [0.25, 0.3) is 5.91 Å². The van der Waals surface area contributed by atoms with E-state index in [1.165, 1.54) is 0 Å². The summed E-state index contributed by atoms with van der Waals surface area (Å²) >= 11 is 0. The number of amides is 1. The van der Waals surface area contributed by atoms with E-state index in [2.05, 4.69) is 10.3 Å². The molecule has 23 heavy (non-hydrogen) atoms. The molecule has 0 bridgehead atoms. The van der Waals surface area contributed by atoms with Crippen molar-refractivity contribution in [1.82, 2.24) is 10.3 Å². The van der Waals surface area contributed by atoms with Crippen LogP contribution in [0.15, 0.2) is 53.2 Å². The number of furan rings is 1. The summed E-state index contributed by atoms with van der Waals surface area (Å²) in [4.78, 5) is 16.6. The quantitative estimate of drug-likeness (QED) is 0.784. The zero-order chi connectivity index (χ0) is 16.2. The van der Waals surface area contributed by atoms with Gasteiger partial charge in [-0.15, -0.1) is 0 Å². The number of para-hydroxylation sites is 1. The molecule has 0 aliphatic rings. The van der Waals surface area contributed by atoms with Gasteiger partial charge in [0, 0.05) is 30.5 Å². The number of ether oxygens (including phenoxy) is 1. The Labute approximate surface area is 134 Å². The molecule has 0 saturated carbocycles. The van der Waals surface area contributed by atoms with Crippen LogP contribution in [0.5, 0.6) is 0 Å². The van der Waals surface area contributed by atoms with E-state index in [1.54, 1.807) is 19.5 Å². The zero-order valence-electron chi connectivity index (χ0n) is 13.1. The molecule has 2 aromatic heterocycles. The van der Waals surface area contributed by atoms with E-state index in [0.717, 1.165) is 16.5 Å². The fraction of sp³-hybridized carbons (Fsp3) is 0.222. The van der Waals surface area contributed by atoms with Crippen molar-refractivity contribution < 1.29 is 13.9 Å². The Bertz CT molecular complexity index is 812. The Morgan fingerprint density at radius 1 is 1.26 bits per heavy atom. The molecule has 0 fully saturated rings. The van der Waals surface area contributed by atoms with Crippen LogP contribution in [0.25, 0.3) is 11.0 Å². The smallest absolute Gasteiger partial charge is 0.287 e. The summed E-state index contributed by atoms with van der Waals surface area (Å²) in [7, 11) is 1.60. The number of methoxy groups -OCH3 is 1. The highest BCUT2D eigenvalue weighted by molar-refractivity contribution is 5.99. The van der Waals surface area contributed by atoms with Gasteiger partial charge in [0.1, 0.15) is 5.58 Å². The number of aromatic nitrogens is 1. The van der Waals surface area contributed by atoms with Crippen molar-refractivity contribution in [3.8, 4) is 0 Å². The van der Waals surface area contributed by atoms with Gasteiger partial charge in [-0.1, -0.05) is 18.2 Å². The Morgan fingerprint density at radius 3 is 2.74 bits per heavy atom. The highest BCUT2D eigenvalue weighted by Gasteiger charge is 2.21. The monoisotopic (exact) mass is 310 g/mol. The number of rotatable bonds is 5. The van der Waals surface area contributed by atoms with E-state index in [0.29, 0.717) is 18.0 Å². The SMILES string of the molecule is COCc1c(C(=O)NC(C)c2ccncc2)oc2ccccc12. The van der Waals surface area contributed by atoms with Crippen LogP contribution < -0.4 is 5.32 Å². The van der Waals surface area contributed by atoms with Gasteiger partial charge in [0.2, 0.25) is 0 Å². The second kappa shape index (κ2) is 6.62. The van der Waals surface area contributed by atoms with Crippen LogP contribution in [0.3, 0.4) is 0 Å². The third kappa shape index (κ3) is 3.10. The number of pyridine rings is 1. The van der Waals surface area contributed by atoms with Crippen molar-refractivity contribution in [2.45, 2.75) is 19.6 Å². The predicted octanol–water partition coefficient (Wildman–Crippen LogP) is 3.47. The zero-order valence-corrected chi connectivity index (χ0v) is 13.1. The predicted molar refractivity (Wildman–Crippen MR) is 87.0 cm³/mol. The Morgan fingerprint density at radius 2 is 2.00 bits per heavy atom. The number of carbonyl (C=O) groups is 1. The van der Waals surface area contributed by atoms with Crippen LogP contribution in [-0.2, 0) is 11.3 Å². The summed E-state index contributed by atoms with van der Waals surface area (Å²) in [5.41, 5.74) is 2.43. The molecule has 3 rings (SSSR count). The third-order valence-electron chi connectivity index (χ3n) is 3.75. The lowest BCUT2D eigenvalue weighted by atomic mass is 10.1. The first-order chi connectivity index (χ1) is 11.2. The van der Waals surface area contributed by atoms with Gasteiger partial charge < -0.3 is 14.5 Å². The average Bonchev–Trinajstić information content (AvgIpc) is 2.95. The Hall–Kier alpha value is -2.66. The number of carbonyl (C=O) groups excluding carboxylic acids is 1. The van der Waals surface area contributed by atoms with Crippen LogP contribution in [0.2, 0.25) is 0 Å². The minimum absolute atomic E-state index is 0.144. The lowest BCUT2D eigenvalue weighted by molar-refractivity contribution is 0.0907. The summed E-state index contributed by atoms with van der Waals surface area (Å²) in [6.45, 7) is 2.25. The summed E-state index contributed by atoms with van der Waals surface area (Å²) in [6, 6.07) is 11.2. The molecule has 0 aliphatic carbocycles. The van der Waals surface area contributed by atoms with Gasteiger partial charge in [-0.3, -0.25) is 9.78 Å². The van der Waals surface area contributed by atoms with E-state index in [9.17, 15) is 4.79 Å². The van der Waals surface area contributed by atoms with Crippen molar-refractivity contribution >= 4 is 16.9 Å². The van der Waals surface area contributed by atoms with Crippen LogP contribution in [-0.4, -0.2) is 18.0 Å². The summed E-state index contributed by atoms with van der Waals surface area (Å²) in [5.74, 6) is 0.0477. The number of benzene rings is 1. The minimum atomic E-state index is -0.252. The van der Waals surface area contributed by atoms with Gasteiger partial charge in [-0.05, 0) is 30.7 Å². The molecule has 0 radical (unpaired) electrons. The maximum absolute atomic E-state index is 12.6. The van der Waals surface area contributed by atoms with E-state index in [-0.39, 0.29) is 11.9 Å². The minimum Gasteiger partial charge on any atom is -0.451 e. The lowest BCUT2D eigenvalue weighted by Crippen LogP contribution is -2.27. The lowest BCUT2D eigenvalue weighted by Gasteiger charge is -2.13. The van der Waals surface area contributed by atoms with Crippen molar-refractivity contribution in [2.24, 2.45) is 0 Å². The fourth-order valence-corrected chi connectivity index (χ4v) is 2.57. The number of fused-ring (bicyclic) bond motifs is 1. The summed E-state index contributed by atoms with van der Waals surface area (Å²) < 4.78 is 11.0. The molecule has 0 aliphatic heterocycles. The highest BCUT2D eigenvalue weighted by Crippen LogP contribution is 2.27. The maximum atomic E-state index is 12.6. The van der Waals surface area contributed by atoms with Gasteiger partial charge in [-0.25, -0.2) is 0 Å². The average molecular weight is 310 g/mol. The molecule has 1 atom stereocenters. The molecule has 0 saturated heterocycles.